The second-order valence-corrected chi connectivity index (χ2v) is 11.0. The second kappa shape index (κ2) is 9.86. The largest absolute Gasteiger partial charge is 0.459 e. The van der Waals surface area contributed by atoms with Crippen LogP contribution in [0, 0.1) is 12.8 Å². The summed E-state index contributed by atoms with van der Waals surface area (Å²) in [6, 6.07) is 17.5. The summed E-state index contributed by atoms with van der Waals surface area (Å²) in [6.07, 6.45) is 2.52. The lowest BCUT2D eigenvalue weighted by Crippen LogP contribution is -2.19. The minimum absolute atomic E-state index is 0.236. The standard InChI is InChI=1S/C30H30N2O3S/c1-17(2)35-30(34)27-22-14-13-18(3)15-26(22)36-29(27)32-28(33)23-16-25(20-10-6-5-9-19(20)4)31-24-12-8-7-11-21(23)24/h5-12,16-18H,13-15H2,1-4H3,(H,32,33)/t18-/m0/s1. The fraction of sp³-hybridized carbons (Fsp3) is 0.300. The van der Waals surface area contributed by atoms with Crippen LogP contribution in [0.15, 0.2) is 54.6 Å². The number of para-hydroxylation sites is 1. The van der Waals surface area contributed by atoms with Gasteiger partial charge in [-0.05, 0) is 69.2 Å². The van der Waals surface area contributed by atoms with Gasteiger partial charge in [-0.1, -0.05) is 49.4 Å². The molecule has 184 valence electrons. The fourth-order valence-corrected chi connectivity index (χ4v) is 6.25. The maximum absolute atomic E-state index is 13.8. The van der Waals surface area contributed by atoms with Gasteiger partial charge in [0.15, 0.2) is 0 Å². The Hall–Kier alpha value is -3.51. The highest BCUT2D eigenvalue weighted by molar-refractivity contribution is 7.17. The quantitative estimate of drug-likeness (QED) is 0.295. The van der Waals surface area contributed by atoms with E-state index < -0.39 is 0 Å². The van der Waals surface area contributed by atoms with Crippen molar-refractivity contribution < 1.29 is 14.3 Å². The Morgan fingerprint density at radius 1 is 1.11 bits per heavy atom. The minimum Gasteiger partial charge on any atom is -0.459 e. The number of nitrogens with zero attached hydrogens (tertiary/aromatic N) is 1. The van der Waals surface area contributed by atoms with E-state index in [2.05, 4.69) is 12.2 Å². The molecule has 2 aromatic carbocycles. The zero-order valence-electron chi connectivity index (χ0n) is 21.1. The molecule has 0 fully saturated rings. The first-order valence-corrected chi connectivity index (χ1v) is 13.3. The number of hydrogen-bond acceptors (Lipinski definition) is 5. The first kappa shape index (κ1) is 24.2. The molecule has 0 radical (unpaired) electrons. The molecule has 0 saturated carbocycles. The molecule has 2 heterocycles. The van der Waals surface area contributed by atoms with Gasteiger partial charge in [-0.3, -0.25) is 4.79 Å². The molecule has 1 atom stereocenters. The summed E-state index contributed by atoms with van der Waals surface area (Å²) in [5.74, 6) is -0.0734. The predicted octanol–water partition coefficient (Wildman–Crippen LogP) is 7.21. The van der Waals surface area contributed by atoms with Crippen molar-refractivity contribution in [1.82, 2.24) is 4.98 Å². The van der Waals surface area contributed by atoms with Gasteiger partial charge in [-0.15, -0.1) is 11.3 Å². The molecule has 5 rings (SSSR count). The highest BCUT2D eigenvalue weighted by Gasteiger charge is 2.30. The number of carbonyl (C=O) groups is 2. The van der Waals surface area contributed by atoms with Crippen LogP contribution < -0.4 is 5.32 Å². The van der Waals surface area contributed by atoms with Crippen LogP contribution in [0.4, 0.5) is 5.00 Å². The number of aromatic nitrogens is 1. The molecule has 6 heteroatoms. The van der Waals surface area contributed by atoms with E-state index in [1.54, 1.807) is 0 Å². The normalized spacial score (nSPS) is 15.1. The van der Waals surface area contributed by atoms with Crippen molar-refractivity contribution in [2.45, 2.75) is 53.1 Å². The summed E-state index contributed by atoms with van der Waals surface area (Å²) in [5, 5.41) is 4.43. The molecule has 4 aromatic rings. The lowest BCUT2D eigenvalue weighted by molar-refractivity contribution is 0.0378. The third-order valence-corrected chi connectivity index (χ3v) is 7.84. The van der Waals surface area contributed by atoms with Crippen molar-refractivity contribution in [3.63, 3.8) is 0 Å². The highest BCUT2D eigenvalue weighted by atomic mass is 32.1. The summed E-state index contributed by atoms with van der Waals surface area (Å²) < 4.78 is 5.58. The van der Waals surface area contributed by atoms with Crippen LogP contribution in [0.2, 0.25) is 0 Å². The number of fused-ring (bicyclic) bond motifs is 2. The van der Waals surface area contributed by atoms with E-state index in [-0.39, 0.29) is 18.0 Å². The second-order valence-electron chi connectivity index (χ2n) is 9.85. The number of nitrogens with one attached hydrogen (secondary N) is 1. The molecule has 1 amide bonds. The zero-order chi connectivity index (χ0) is 25.4. The van der Waals surface area contributed by atoms with Crippen molar-refractivity contribution in [2.24, 2.45) is 5.92 Å². The van der Waals surface area contributed by atoms with E-state index in [4.69, 9.17) is 9.72 Å². The van der Waals surface area contributed by atoms with Crippen LogP contribution in [0.5, 0.6) is 0 Å². The number of carbonyl (C=O) groups excluding carboxylic acids is 2. The van der Waals surface area contributed by atoms with Gasteiger partial charge in [0, 0.05) is 15.8 Å². The number of anilines is 1. The first-order chi connectivity index (χ1) is 17.3. The molecule has 0 unspecified atom stereocenters. The molecule has 5 nitrogen and oxygen atoms in total. The van der Waals surface area contributed by atoms with Crippen molar-refractivity contribution in [1.29, 1.82) is 0 Å². The number of pyridine rings is 1. The average Bonchev–Trinajstić information content (AvgIpc) is 3.20. The van der Waals surface area contributed by atoms with Crippen molar-refractivity contribution >= 4 is 39.1 Å². The van der Waals surface area contributed by atoms with E-state index >= 15 is 0 Å². The lowest BCUT2D eigenvalue weighted by Gasteiger charge is -2.19. The van der Waals surface area contributed by atoms with Gasteiger partial charge in [0.25, 0.3) is 5.91 Å². The molecular weight excluding hydrogens is 468 g/mol. The Bertz CT molecular complexity index is 1470. The van der Waals surface area contributed by atoms with Gasteiger partial charge in [0.2, 0.25) is 0 Å². The number of ether oxygens (including phenoxy) is 1. The Kier molecular flexibility index (Phi) is 6.63. The van der Waals surface area contributed by atoms with Gasteiger partial charge < -0.3 is 10.1 Å². The number of esters is 1. The van der Waals surface area contributed by atoms with E-state index in [1.807, 2.05) is 75.4 Å². The minimum atomic E-state index is -0.368. The summed E-state index contributed by atoms with van der Waals surface area (Å²) >= 11 is 1.50. The summed E-state index contributed by atoms with van der Waals surface area (Å²) in [6.45, 7) is 7.94. The van der Waals surface area contributed by atoms with Crippen LogP contribution in [-0.2, 0) is 17.6 Å². The van der Waals surface area contributed by atoms with Gasteiger partial charge >= 0.3 is 5.97 Å². The number of thiophene rings is 1. The van der Waals surface area contributed by atoms with Crippen molar-refractivity contribution in [2.75, 3.05) is 5.32 Å². The Labute approximate surface area is 215 Å². The molecule has 0 aliphatic heterocycles. The Morgan fingerprint density at radius 2 is 1.86 bits per heavy atom. The maximum Gasteiger partial charge on any atom is 0.341 e. The van der Waals surface area contributed by atoms with Gasteiger partial charge in [0.1, 0.15) is 5.00 Å². The molecule has 1 aliphatic carbocycles. The molecular formula is C30H30N2O3S. The van der Waals surface area contributed by atoms with Crippen molar-refractivity contribution in [3.8, 4) is 11.3 Å². The topological polar surface area (TPSA) is 68.3 Å². The molecule has 2 aromatic heterocycles. The van der Waals surface area contributed by atoms with Crippen LogP contribution in [0.25, 0.3) is 22.2 Å². The monoisotopic (exact) mass is 498 g/mol. The third-order valence-electron chi connectivity index (χ3n) is 6.67. The number of amides is 1. The van der Waals surface area contributed by atoms with Crippen LogP contribution >= 0.6 is 11.3 Å². The third kappa shape index (κ3) is 4.65. The van der Waals surface area contributed by atoms with E-state index in [0.717, 1.165) is 52.5 Å². The zero-order valence-corrected chi connectivity index (χ0v) is 21.9. The van der Waals surface area contributed by atoms with E-state index in [0.29, 0.717) is 22.0 Å². The number of aryl methyl sites for hydroxylation is 1. The lowest BCUT2D eigenvalue weighted by atomic mass is 9.88. The highest BCUT2D eigenvalue weighted by Crippen LogP contribution is 2.40. The molecule has 1 N–H and O–H groups in total. The molecule has 0 saturated heterocycles. The SMILES string of the molecule is Cc1ccccc1-c1cc(C(=O)Nc2sc3c(c2C(=O)OC(C)C)CC[C@H](C)C3)c2ccccc2n1. The van der Waals surface area contributed by atoms with Crippen molar-refractivity contribution in [3.05, 3.63) is 81.7 Å². The van der Waals surface area contributed by atoms with E-state index in [1.165, 1.54) is 16.2 Å². The average molecular weight is 499 g/mol. The van der Waals surface area contributed by atoms with E-state index in [9.17, 15) is 9.59 Å². The molecule has 36 heavy (non-hydrogen) atoms. The Morgan fingerprint density at radius 3 is 2.64 bits per heavy atom. The molecule has 0 spiro atoms. The number of benzene rings is 2. The Balaban J connectivity index is 1.59. The van der Waals surface area contributed by atoms with Gasteiger partial charge in [-0.25, -0.2) is 9.78 Å². The first-order valence-electron chi connectivity index (χ1n) is 12.4. The van der Waals surface area contributed by atoms with Crippen LogP contribution in [0.3, 0.4) is 0 Å². The van der Waals surface area contributed by atoms with Crippen LogP contribution in [0.1, 0.15) is 63.9 Å². The maximum atomic E-state index is 13.8. The van der Waals surface area contributed by atoms with Gasteiger partial charge in [-0.2, -0.15) is 0 Å². The summed E-state index contributed by atoms with van der Waals surface area (Å²) in [4.78, 5) is 32.9. The van der Waals surface area contributed by atoms with Gasteiger partial charge in [0.05, 0.1) is 28.4 Å². The fourth-order valence-electron chi connectivity index (χ4n) is 4.86. The number of rotatable bonds is 5. The van der Waals surface area contributed by atoms with Crippen LogP contribution in [-0.4, -0.2) is 23.0 Å². The summed E-state index contributed by atoms with van der Waals surface area (Å²) in [7, 11) is 0. The molecule has 0 bridgehead atoms. The summed E-state index contributed by atoms with van der Waals surface area (Å²) in [5.41, 5.74) is 5.64. The molecule has 1 aliphatic rings. The number of hydrogen-bond donors (Lipinski definition) is 1. The predicted molar refractivity (Wildman–Crippen MR) is 146 cm³/mol. The smallest absolute Gasteiger partial charge is 0.341 e.